The summed E-state index contributed by atoms with van der Waals surface area (Å²) in [6.45, 7) is 6.07. The molecule has 1 unspecified atom stereocenters. The van der Waals surface area contributed by atoms with Gasteiger partial charge in [0.2, 0.25) is 0 Å². The van der Waals surface area contributed by atoms with Crippen LogP contribution >= 0.6 is 22.9 Å². The predicted octanol–water partition coefficient (Wildman–Crippen LogP) is 4.36. The van der Waals surface area contributed by atoms with Gasteiger partial charge in [-0.15, -0.1) is 11.3 Å². The highest BCUT2D eigenvalue weighted by Gasteiger charge is 2.32. The van der Waals surface area contributed by atoms with Gasteiger partial charge in [0.25, 0.3) is 5.91 Å². The number of hydrogen-bond acceptors (Lipinski definition) is 4. The minimum Gasteiger partial charge on any atom is -0.336 e. The first-order valence-corrected chi connectivity index (χ1v) is 11.1. The number of halogens is 1. The summed E-state index contributed by atoms with van der Waals surface area (Å²) in [5, 5.41) is 6.38. The maximum absolute atomic E-state index is 13.2. The minimum atomic E-state index is 0.153. The summed E-state index contributed by atoms with van der Waals surface area (Å²) in [5.41, 5.74) is 1.85. The molecule has 0 radical (unpaired) electrons. The van der Waals surface area contributed by atoms with Crippen molar-refractivity contribution in [1.82, 2.24) is 19.6 Å². The first kappa shape index (κ1) is 18.2. The lowest BCUT2D eigenvalue weighted by Crippen LogP contribution is -2.36. The molecule has 1 atom stereocenters. The second-order valence-corrected chi connectivity index (χ2v) is 9.21. The summed E-state index contributed by atoms with van der Waals surface area (Å²) in [7, 11) is 0. The molecule has 0 saturated carbocycles. The van der Waals surface area contributed by atoms with Crippen LogP contribution in [0.4, 0.5) is 0 Å². The van der Waals surface area contributed by atoms with Crippen molar-refractivity contribution in [3.05, 3.63) is 45.9 Å². The molecule has 0 spiro atoms. The number of fused-ring (bicyclic) bond motifs is 1. The first-order chi connectivity index (χ1) is 13.6. The van der Waals surface area contributed by atoms with Crippen molar-refractivity contribution < 1.29 is 4.79 Å². The predicted molar refractivity (Wildman–Crippen MR) is 114 cm³/mol. The average molecular weight is 415 g/mol. The van der Waals surface area contributed by atoms with E-state index in [0.29, 0.717) is 11.1 Å². The Kier molecular flexibility index (Phi) is 4.65. The second kappa shape index (κ2) is 7.17. The largest absolute Gasteiger partial charge is 0.336 e. The van der Waals surface area contributed by atoms with Crippen LogP contribution in [-0.2, 0) is 0 Å². The number of aryl methyl sites for hydroxylation is 1. The molecule has 1 amide bonds. The molecule has 7 heteroatoms. The molecule has 4 heterocycles. The lowest BCUT2D eigenvalue weighted by atomic mass is 10.2. The van der Waals surface area contributed by atoms with Crippen LogP contribution < -0.4 is 0 Å². The highest BCUT2D eigenvalue weighted by atomic mass is 35.5. The summed E-state index contributed by atoms with van der Waals surface area (Å²) in [6.07, 6.45) is 3.67. The van der Waals surface area contributed by atoms with Gasteiger partial charge in [0.15, 0.2) is 0 Å². The minimum absolute atomic E-state index is 0.153. The van der Waals surface area contributed by atoms with Crippen LogP contribution in [0.1, 0.15) is 34.6 Å². The topological polar surface area (TPSA) is 41.4 Å². The number of carbonyl (C=O) groups excluding carboxylic acids is 1. The number of benzene rings is 1. The molecule has 146 valence electrons. The van der Waals surface area contributed by atoms with E-state index >= 15 is 0 Å². The van der Waals surface area contributed by atoms with Gasteiger partial charge < -0.3 is 4.90 Å². The molecular formula is C21H23ClN4OS. The van der Waals surface area contributed by atoms with E-state index in [1.165, 1.54) is 37.3 Å². The smallest absolute Gasteiger partial charge is 0.264 e. The number of hydrogen-bond donors (Lipinski definition) is 0. The normalized spacial score (nSPS) is 20.5. The van der Waals surface area contributed by atoms with Crippen LogP contribution in [0, 0.1) is 6.92 Å². The van der Waals surface area contributed by atoms with E-state index in [1.807, 2.05) is 46.8 Å². The molecule has 2 aromatic heterocycles. The van der Waals surface area contributed by atoms with Crippen molar-refractivity contribution >= 4 is 39.1 Å². The number of aromatic nitrogens is 2. The molecule has 3 aromatic rings. The number of amides is 1. The zero-order chi connectivity index (χ0) is 19.3. The maximum Gasteiger partial charge on any atom is 0.264 e. The van der Waals surface area contributed by atoms with Gasteiger partial charge in [-0.2, -0.15) is 5.10 Å². The Labute approximate surface area is 173 Å². The van der Waals surface area contributed by atoms with E-state index in [2.05, 4.69) is 10.00 Å². The van der Waals surface area contributed by atoms with Crippen molar-refractivity contribution in [2.45, 2.75) is 32.2 Å². The zero-order valence-corrected chi connectivity index (χ0v) is 17.5. The number of carbonyl (C=O) groups is 1. The molecule has 0 N–H and O–H groups in total. The molecule has 0 bridgehead atoms. The van der Waals surface area contributed by atoms with E-state index < -0.39 is 0 Å². The lowest BCUT2D eigenvalue weighted by Gasteiger charge is -2.23. The van der Waals surface area contributed by atoms with E-state index in [-0.39, 0.29) is 5.91 Å². The molecule has 0 aliphatic carbocycles. The van der Waals surface area contributed by atoms with E-state index in [1.54, 1.807) is 0 Å². The van der Waals surface area contributed by atoms with Crippen molar-refractivity contribution in [3.63, 3.8) is 0 Å². The summed E-state index contributed by atoms with van der Waals surface area (Å²) in [4.78, 5) is 19.5. The summed E-state index contributed by atoms with van der Waals surface area (Å²) in [6, 6.07) is 10.2. The Bertz CT molecular complexity index is 1040. The van der Waals surface area contributed by atoms with Gasteiger partial charge in [-0.05, 0) is 63.5 Å². The maximum atomic E-state index is 13.2. The van der Waals surface area contributed by atoms with Gasteiger partial charge in [0.05, 0.1) is 16.3 Å². The quantitative estimate of drug-likeness (QED) is 0.639. The zero-order valence-electron chi connectivity index (χ0n) is 15.9. The molecular weight excluding hydrogens is 392 g/mol. The van der Waals surface area contributed by atoms with Crippen LogP contribution in [0.15, 0.2) is 30.3 Å². The number of likely N-dealkylation sites (tertiary alicyclic amines) is 2. The number of thiophene rings is 1. The molecule has 5 nitrogen and oxygen atoms in total. The number of rotatable bonds is 3. The van der Waals surface area contributed by atoms with Crippen molar-refractivity contribution in [2.24, 2.45) is 0 Å². The lowest BCUT2D eigenvalue weighted by molar-refractivity contribution is 0.0785. The van der Waals surface area contributed by atoms with Crippen LogP contribution in [0.2, 0.25) is 5.02 Å². The van der Waals surface area contributed by atoms with Crippen molar-refractivity contribution in [1.29, 1.82) is 0 Å². The summed E-state index contributed by atoms with van der Waals surface area (Å²) < 4.78 is 1.90. The van der Waals surface area contributed by atoms with E-state index in [4.69, 9.17) is 11.6 Å². The Morgan fingerprint density at radius 1 is 1.21 bits per heavy atom. The first-order valence-electron chi connectivity index (χ1n) is 9.88. The molecule has 2 aliphatic rings. The van der Waals surface area contributed by atoms with E-state index in [0.717, 1.165) is 46.0 Å². The monoisotopic (exact) mass is 414 g/mol. The summed E-state index contributed by atoms with van der Waals surface area (Å²) >= 11 is 7.69. The van der Waals surface area contributed by atoms with Gasteiger partial charge in [-0.1, -0.05) is 17.7 Å². The van der Waals surface area contributed by atoms with Gasteiger partial charge in [0, 0.05) is 29.5 Å². The van der Waals surface area contributed by atoms with Gasteiger partial charge in [-0.3, -0.25) is 9.69 Å². The SMILES string of the molecule is Cc1nn(-c2cccc(Cl)c2)c2sc(C(=O)N3CCC(N4CCCC4)C3)cc12. The molecule has 5 rings (SSSR count). The number of nitrogens with zero attached hydrogens (tertiary/aromatic N) is 4. The Morgan fingerprint density at radius 3 is 2.82 bits per heavy atom. The van der Waals surface area contributed by atoms with Crippen LogP contribution in [0.3, 0.4) is 0 Å². The third kappa shape index (κ3) is 3.13. The van der Waals surface area contributed by atoms with Gasteiger partial charge in [0.1, 0.15) is 4.83 Å². The Hall–Kier alpha value is -1.89. The van der Waals surface area contributed by atoms with Crippen LogP contribution in [-0.4, -0.2) is 57.7 Å². The van der Waals surface area contributed by atoms with E-state index in [9.17, 15) is 4.79 Å². The molecule has 2 aliphatic heterocycles. The second-order valence-electron chi connectivity index (χ2n) is 7.74. The van der Waals surface area contributed by atoms with Crippen LogP contribution in [0.5, 0.6) is 0 Å². The Balaban J connectivity index is 1.42. The molecule has 2 saturated heterocycles. The third-order valence-corrected chi connectivity index (χ3v) is 7.25. The fraction of sp³-hybridized carbons (Fsp3) is 0.429. The molecule has 2 fully saturated rings. The van der Waals surface area contributed by atoms with Crippen molar-refractivity contribution in [3.8, 4) is 5.69 Å². The van der Waals surface area contributed by atoms with Gasteiger partial charge >= 0.3 is 0 Å². The fourth-order valence-electron chi connectivity index (χ4n) is 4.42. The molecule has 1 aromatic carbocycles. The highest BCUT2D eigenvalue weighted by Crippen LogP contribution is 2.32. The summed E-state index contributed by atoms with van der Waals surface area (Å²) in [5.74, 6) is 0.153. The Morgan fingerprint density at radius 2 is 2.04 bits per heavy atom. The van der Waals surface area contributed by atoms with Crippen LogP contribution in [0.25, 0.3) is 15.9 Å². The highest BCUT2D eigenvalue weighted by molar-refractivity contribution is 7.20. The third-order valence-electron chi connectivity index (χ3n) is 5.92. The van der Waals surface area contributed by atoms with Crippen molar-refractivity contribution in [2.75, 3.05) is 26.2 Å². The standard InChI is InChI=1S/C21H23ClN4OS/c1-14-18-12-19(20(27)25-10-7-17(13-25)24-8-2-3-9-24)28-21(18)26(23-14)16-6-4-5-15(22)11-16/h4-6,11-12,17H,2-3,7-10,13H2,1H3. The van der Waals surface area contributed by atoms with Gasteiger partial charge in [-0.25, -0.2) is 4.68 Å². The fourth-order valence-corrected chi connectivity index (χ4v) is 5.76. The average Bonchev–Trinajstić information content (AvgIpc) is 3.46. The molecule has 28 heavy (non-hydrogen) atoms.